The number of carbonyl (C=O) groups is 2. The van der Waals surface area contributed by atoms with E-state index in [0.29, 0.717) is 23.0 Å². The Morgan fingerprint density at radius 1 is 0.932 bits per heavy atom. The molecule has 3 heterocycles. The number of nitrogens with zero attached hydrogens (tertiary/aromatic N) is 4. The topological polar surface area (TPSA) is 98.6 Å². The van der Waals surface area contributed by atoms with Gasteiger partial charge in [-0.3, -0.25) is 19.5 Å². The number of amides is 2. The van der Waals surface area contributed by atoms with Crippen molar-refractivity contribution in [2.75, 3.05) is 31.4 Å². The predicted octanol–water partition coefficient (Wildman–Crippen LogP) is 5.44. The van der Waals surface area contributed by atoms with Gasteiger partial charge < -0.3 is 14.8 Å². The van der Waals surface area contributed by atoms with Crippen LogP contribution in [0.25, 0.3) is 16.9 Å². The zero-order chi connectivity index (χ0) is 30.5. The maximum absolute atomic E-state index is 14.0. The number of benzene rings is 3. The standard InChI is InChI=1S/C34H31N5O4S/c1-42-26-17-15-25(16-18-26)39-34-31(32(37-39)23-10-4-3-5-11-23)33(27-13-6-7-14-28(27)43-2)44-22-30(41)38(34)21-29(40)36-20-24-12-8-9-19-35-24/h3-19,33H,20-22H2,1-2H3,(H,36,40)/t33-/m0/s1. The summed E-state index contributed by atoms with van der Waals surface area (Å²) in [6, 6.07) is 30.7. The van der Waals surface area contributed by atoms with Crippen LogP contribution in [0.1, 0.15) is 22.1 Å². The molecule has 2 amide bonds. The fourth-order valence-electron chi connectivity index (χ4n) is 5.25. The summed E-state index contributed by atoms with van der Waals surface area (Å²) >= 11 is 1.50. The van der Waals surface area contributed by atoms with Crippen LogP contribution >= 0.6 is 11.8 Å². The molecule has 0 saturated heterocycles. The molecule has 0 fully saturated rings. The van der Waals surface area contributed by atoms with Gasteiger partial charge >= 0.3 is 0 Å². The smallest absolute Gasteiger partial charge is 0.240 e. The fourth-order valence-corrected chi connectivity index (χ4v) is 6.47. The number of methoxy groups -OCH3 is 2. The van der Waals surface area contributed by atoms with Crippen LogP contribution < -0.4 is 19.7 Å². The molecule has 222 valence electrons. The van der Waals surface area contributed by atoms with E-state index in [1.165, 1.54) is 11.8 Å². The highest BCUT2D eigenvalue weighted by Gasteiger charge is 2.38. The van der Waals surface area contributed by atoms with Gasteiger partial charge in [0.25, 0.3) is 0 Å². The van der Waals surface area contributed by atoms with Crippen LogP contribution in [0.3, 0.4) is 0 Å². The van der Waals surface area contributed by atoms with Crippen molar-refractivity contribution in [2.24, 2.45) is 0 Å². The van der Waals surface area contributed by atoms with Gasteiger partial charge in [0.1, 0.15) is 23.9 Å². The third kappa shape index (κ3) is 5.89. The molecule has 1 aliphatic rings. The molecule has 1 N–H and O–H groups in total. The van der Waals surface area contributed by atoms with Gasteiger partial charge in [0, 0.05) is 22.9 Å². The van der Waals surface area contributed by atoms with E-state index >= 15 is 0 Å². The normalized spacial score (nSPS) is 14.5. The van der Waals surface area contributed by atoms with Gasteiger partial charge in [-0.1, -0.05) is 54.6 Å². The highest BCUT2D eigenvalue weighted by atomic mass is 32.2. The lowest BCUT2D eigenvalue weighted by molar-refractivity contribution is -0.123. The molecule has 44 heavy (non-hydrogen) atoms. The quantitative estimate of drug-likeness (QED) is 0.239. The van der Waals surface area contributed by atoms with Crippen molar-refractivity contribution in [3.05, 3.63) is 120 Å². The van der Waals surface area contributed by atoms with E-state index in [1.54, 1.807) is 30.0 Å². The first-order valence-electron chi connectivity index (χ1n) is 14.1. The summed E-state index contributed by atoms with van der Waals surface area (Å²) in [6.07, 6.45) is 1.68. The van der Waals surface area contributed by atoms with Crippen LogP contribution in [-0.4, -0.2) is 53.1 Å². The molecule has 3 aromatic carbocycles. The van der Waals surface area contributed by atoms with Gasteiger partial charge in [-0.05, 0) is 42.5 Å². The van der Waals surface area contributed by atoms with E-state index in [4.69, 9.17) is 14.6 Å². The van der Waals surface area contributed by atoms with Crippen molar-refractivity contribution < 1.29 is 19.1 Å². The maximum atomic E-state index is 14.0. The van der Waals surface area contributed by atoms with Crippen molar-refractivity contribution in [3.63, 3.8) is 0 Å². The lowest BCUT2D eigenvalue weighted by Gasteiger charge is -2.23. The Kier molecular flexibility index (Phi) is 8.60. The van der Waals surface area contributed by atoms with Crippen LogP contribution in [0.4, 0.5) is 5.82 Å². The second-order valence-electron chi connectivity index (χ2n) is 10.1. The summed E-state index contributed by atoms with van der Waals surface area (Å²) in [7, 11) is 3.25. The molecule has 0 spiro atoms. The van der Waals surface area contributed by atoms with Gasteiger partial charge in [0.05, 0.1) is 48.8 Å². The summed E-state index contributed by atoms with van der Waals surface area (Å²) < 4.78 is 12.9. The SMILES string of the molecule is COc1ccc(-n2nc(-c3ccccc3)c3c2N(CC(=O)NCc2ccccn2)C(=O)CS[C@H]3c2ccccc2OC)cc1. The van der Waals surface area contributed by atoms with E-state index in [-0.39, 0.29) is 35.9 Å². The minimum absolute atomic E-state index is 0.155. The number of fused-ring (bicyclic) bond motifs is 1. The van der Waals surface area contributed by atoms with E-state index in [2.05, 4.69) is 10.3 Å². The zero-order valence-corrected chi connectivity index (χ0v) is 25.2. The Balaban J connectivity index is 1.53. The number of para-hydroxylation sites is 1. The molecule has 0 aliphatic carbocycles. The first kappa shape index (κ1) is 29.0. The number of rotatable bonds is 9. The summed E-state index contributed by atoms with van der Waals surface area (Å²) in [4.78, 5) is 33.2. The molecule has 10 heteroatoms. The monoisotopic (exact) mass is 605 g/mol. The van der Waals surface area contributed by atoms with E-state index in [9.17, 15) is 9.59 Å². The third-order valence-electron chi connectivity index (χ3n) is 7.37. The fraction of sp³-hybridized carbons (Fsp3) is 0.176. The molecule has 6 rings (SSSR count). The van der Waals surface area contributed by atoms with Crippen molar-refractivity contribution in [2.45, 2.75) is 11.8 Å². The van der Waals surface area contributed by atoms with Crippen molar-refractivity contribution in [1.82, 2.24) is 20.1 Å². The first-order valence-corrected chi connectivity index (χ1v) is 15.2. The summed E-state index contributed by atoms with van der Waals surface area (Å²) in [6.45, 7) is 0.0636. The van der Waals surface area contributed by atoms with Crippen molar-refractivity contribution in [1.29, 1.82) is 0 Å². The molecule has 0 unspecified atom stereocenters. The number of aromatic nitrogens is 3. The molecule has 2 aromatic heterocycles. The largest absolute Gasteiger partial charge is 0.497 e. The van der Waals surface area contributed by atoms with Crippen molar-refractivity contribution >= 4 is 29.4 Å². The third-order valence-corrected chi connectivity index (χ3v) is 8.61. The molecule has 0 bridgehead atoms. The van der Waals surface area contributed by atoms with Crippen LogP contribution in [0.15, 0.2) is 103 Å². The number of thioether (sulfide) groups is 1. The molecule has 1 aliphatic heterocycles. The Morgan fingerprint density at radius 2 is 1.68 bits per heavy atom. The Labute approximate surface area is 259 Å². The minimum atomic E-state index is -0.311. The van der Waals surface area contributed by atoms with Crippen molar-refractivity contribution in [3.8, 4) is 28.4 Å². The summed E-state index contributed by atoms with van der Waals surface area (Å²) in [5, 5.41) is 7.74. The van der Waals surface area contributed by atoms with E-state index in [1.807, 2.05) is 97.1 Å². The van der Waals surface area contributed by atoms with E-state index in [0.717, 1.165) is 28.1 Å². The number of carbonyl (C=O) groups excluding carboxylic acids is 2. The molecule has 9 nitrogen and oxygen atoms in total. The van der Waals surface area contributed by atoms with Gasteiger partial charge in [0.2, 0.25) is 11.8 Å². The molecular formula is C34H31N5O4S. The van der Waals surface area contributed by atoms with Gasteiger partial charge in [-0.15, -0.1) is 11.8 Å². The molecule has 0 radical (unpaired) electrons. The molecule has 0 saturated carbocycles. The highest BCUT2D eigenvalue weighted by molar-refractivity contribution is 8.00. The molecule has 1 atom stereocenters. The molecule has 5 aromatic rings. The number of nitrogens with one attached hydrogen (secondary N) is 1. The van der Waals surface area contributed by atoms with Gasteiger partial charge in [0.15, 0.2) is 0 Å². The second kappa shape index (κ2) is 13.0. The molecular weight excluding hydrogens is 574 g/mol. The number of hydrogen-bond acceptors (Lipinski definition) is 7. The van der Waals surface area contributed by atoms with Gasteiger partial charge in [-0.25, -0.2) is 4.68 Å². The average molecular weight is 606 g/mol. The minimum Gasteiger partial charge on any atom is -0.497 e. The maximum Gasteiger partial charge on any atom is 0.240 e. The van der Waals surface area contributed by atoms with Crippen LogP contribution in [0.2, 0.25) is 0 Å². The lowest BCUT2D eigenvalue weighted by Crippen LogP contribution is -2.42. The number of pyridine rings is 1. The van der Waals surface area contributed by atoms with Crippen LogP contribution in [0.5, 0.6) is 11.5 Å². The Bertz CT molecular complexity index is 1760. The number of ether oxygens (including phenoxy) is 2. The Morgan fingerprint density at radius 3 is 2.41 bits per heavy atom. The lowest BCUT2D eigenvalue weighted by atomic mass is 9.99. The Hall–Kier alpha value is -5.09. The van der Waals surface area contributed by atoms with E-state index < -0.39 is 0 Å². The number of hydrogen-bond donors (Lipinski definition) is 1. The second-order valence-corrected chi connectivity index (χ2v) is 11.2. The van der Waals surface area contributed by atoms with Crippen LogP contribution in [-0.2, 0) is 16.1 Å². The summed E-state index contributed by atoms with van der Waals surface area (Å²) in [5.74, 6) is 1.59. The predicted molar refractivity (Wildman–Crippen MR) is 171 cm³/mol. The van der Waals surface area contributed by atoms with Gasteiger partial charge in [-0.2, -0.15) is 5.10 Å². The zero-order valence-electron chi connectivity index (χ0n) is 24.3. The summed E-state index contributed by atoms with van der Waals surface area (Å²) in [5.41, 5.74) is 4.80. The number of anilines is 1. The average Bonchev–Trinajstić information content (AvgIpc) is 3.41. The van der Waals surface area contributed by atoms with Crippen LogP contribution in [0, 0.1) is 0 Å². The first-order chi connectivity index (χ1) is 21.6. The highest BCUT2D eigenvalue weighted by Crippen LogP contribution is 2.50.